The summed E-state index contributed by atoms with van der Waals surface area (Å²) in [5.41, 5.74) is 10.6. The molecule has 6 heteroatoms. The highest BCUT2D eigenvalue weighted by molar-refractivity contribution is 7.26. The van der Waals surface area contributed by atoms with Crippen molar-refractivity contribution in [3.05, 3.63) is 199 Å². The molecule has 1 aliphatic heterocycles. The highest BCUT2D eigenvalue weighted by Crippen LogP contribution is 2.44. The molecule has 3 aromatic heterocycles. The second-order valence-electron chi connectivity index (χ2n) is 14.5. The molecule has 8 aromatic carbocycles. The molecule has 268 valence electrons. The van der Waals surface area contributed by atoms with Crippen LogP contribution < -0.4 is 5.32 Å². The smallest absolute Gasteiger partial charge is 0.159 e. The zero-order valence-electron chi connectivity index (χ0n) is 30.6. The van der Waals surface area contributed by atoms with Crippen LogP contribution in [0.5, 0.6) is 0 Å². The van der Waals surface area contributed by atoms with Gasteiger partial charge in [0, 0.05) is 43.1 Å². The molecule has 0 spiro atoms. The molecule has 0 saturated carbocycles. The molecule has 0 saturated heterocycles. The van der Waals surface area contributed by atoms with E-state index < -0.39 is 0 Å². The largest absolute Gasteiger partial charge is 0.456 e. The van der Waals surface area contributed by atoms with E-state index in [2.05, 4.69) is 155 Å². The monoisotopic (exact) mass is 748 g/mol. The summed E-state index contributed by atoms with van der Waals surface area (Å²) in [7, 11) is 0. The maximum atomic E-state index is 6.77. The molecule has 5 nitrogen and oxygen atoms in total. The topological polar surface area (TPSA) is 54.8 Å². The Kier molecular flexibility index (Phi) is 7.09. The van der Waals surface area contributed by atoms with Gasteiger partial charge in [0.05, 0.1) is 15.7 Å². The quantitative estimate of drug-likeness (QED) is 0.191. The van der Waals surface area contributed by atoms with Crippen molar-refractivity contribution in [3.63, 3.8) is 0 Å². The van der Waals surface area contributed by atoms with E-state index in [1.54, 1.807) is 0 Å². The third-order valence-electron chi connectivity index (χ3n) is 11.3. The van der Waals surface area contributed by atoms with Gasteiger partial charge in [-0.3, -0.25) is 0 Å². The molecule has 0 bridgehead atoms. The Balaban J connectivity index is 1.02. The summed E-state index contributed by atoms with van der Waals surface area (Å²) in [6.45, 7) is 0. The van der Waals surface area contributed by atoms with Gasteiger partial charge in [0.2, 0.25) is 0 Å². The number of benzene rings is 8. The minimum absolute atomic E-state index is 0.298. The van der Waals surface area contributed by atoms with Crippen molar-refractivity contribution in [1.29, 1.82) is 0 Å². The van der Waals surface area contributed by atoms with Gasteiger partial charge in [-0.25, -0.2) is 9.98 Å². The van der Waals surface area contributed by atoms with Gasteiger partial charge in [-0.15, -0.1) is 11.3 Å². The average Bonchev–Trinajstić information content (AvgIpc) is 3.96. The van der Waals surface area contributed by atoms with Gasteiger partial charge in [-0.2, -0.15) is 0 Å². The van der Waals surface area contributed by atoms with E-state index in [4.69, 9.17) is 14.4 Å². The minimum Gasteiger partial charge on any atom is -0.456 e. The molecule has 12 rings (SSSR count). The van der Waals surface area contributed by atoms with Crippen molar-refractivity contribution in [3.8, 4) is 16.8 Å². The summed E-state index contributed by atoms with van der Waals surface area (Å²) in [6.07, 6.45) is -0.298. The van der Waals surface area contributed by atoms with E-state index in [-0.39, 0.29) is 6.17 Å². The molecule has 0 radical (unpaired) electrons. The lowest BCUT2D eigenvalue weighted by molar-refractivity contribution is 0.668. The number of thiophene rings is 1. The lowest BCUT2D eigenvalue weighted by Crippen LogP contribution is -2.33. The fourth-order valence-electron chi connectivity index (χ4n) is 8.70. The Morgan fingerprint density at radius 2 is 1.25 bits per heavy atom. The number of nitrogens with zero attached hydrogens (tertiary/aromatic N) is 3. The Hall–Kier alpha value is -7.28. The van der Waals surface area contributed by atoms with E-state index in [9.17, 15) is 0 Å². The van der Waals surface area contributed by atoms with Crippen molar-refractivity contribution < 1.29 is 4.42 Å². The van der Waals surface area contributed by atoms with Crippen LogP contribution in [0.15, 0.2) is 196 Å². The van der Waals surface area contributed by atoms with Gasteiger partial charge in [0.25, 0.3) is 0 Å². The Morgan fingerprint density at radius 3 is 2.07 bits per heavy atom. The fraction of sp³-hybridized carbons (Fsp3) is 0.0196. The number of fused-ring (bicyclic) bond motifs is 10. The summed E-state index contributed by atoms with van der Waals surface area (Å²) < 4.78 is 11.8. The number of aliphatic imine (C=N–C) groups is 2. The third kappa shape index (κ3) is 5.01. The maximum Gasteiger partial charge on any atom is 0.159 e. The summed E-state index contributed by atoms with van der Waals surface area (Å²) >= 11 is 1.87. The molecule has 1 unspecified atom stereocenters. The Labute approximate surface area is 331 Å². The van der Waals surface area contributed by atoms with Crippen molar-refractivity contribution in [2.24, 2.45) is 9.98 Å². The summed E-state index contributed by atoms with van der Waals surface area (Å²) in [6, 6.07) is 64.2. The highest BCUT2D eigenvalue weighted by atomic mass is 32.1. The van der Waals surface area contributed by atoms with E-state index in [0.717, 1.165) is 66.7 Å². The predicted octanol–water partition coefficient (Wildman–Crippen LogP) is 13.2. The highest BCUT2D eigenvalue weighted by Gasteiger charge is 2.25. The molecule has 1 atom stereocenters. The van der Waals surface area contributed by atoms with Gasteiger partial charge in [-0.1, -0.05) is 146 Å². The lowest BCUT2D eigenvalue weighted by Gasteiger charge is -2.24. The molecule has 57 heavy (non-hydrogen) atoms. The first-order chi connectivity index (χ1) is 28.3. The van der Waals surface area contributed by atoms with E-state index in [1.807, 2.05) is 47.7 Å². The van der Waals surface area contributed by atoms with Crippen LogP contribution in [-0.2, 0) is 0 Å². The molecule has 11 aromatic rings. The number of nitrogens with one attached hydrogen (secondary N) is 1. The van der Waals surface area contributed by atoms with Gasteiger partial charge in [-0.05, 0) is 63.9 Å². The van der Waals surface area contributed by atoms with E-state index in [0.29, 0.717) is 5.84 Å². The Morgan fingerprint density at radius 1 is 0.544 bits per heavy atom. The number of rotatable bonds is 5. The molecule has 1 N–H and O–H groups in total. The second-order valence-corrected chi connectivity index (χ2v) is 15.6. The van der Waals surface area contributed by atoms with Crippen LogP contribution in [0, 0.1) is 0 Å². The van der Waals surface area contributed by atoms with Crippen molar-refractivity contribution in [2.75, 3.05) is 0 Å². The fourth-order valence-corrected chi connectivity index (χ4v) is 9.92. The van der Waals surface area contributed by atoms with Crippen LogP contribution >= 0.6 is 11.3 Å². The summed E-state index contributed by atoms with van der Waals surface area (Å²) in [5.74, 6) is 1.46. The van der Waals surface area contributed by atoms with Gasteiger partial charge >= 0.3 is 0 Å². The van der Waals surface area contributed by atoms with Crippen LogP contribution in [-0.4, -0.2) is 16.2 Å². The van der Waals surface area contributed by atoms with E-state index in [1.165, 1.54) is 36.6 Å². The van der Waals surface area contributed by atoms with E-state index >= 15 is 0 Å². The number of hydrogen-bond acceptors (Lipinski definition) is 5. The Bertz CT molecular complexity index is 3420. The number of para-hydroxylation sites is 1. The maximum absolute atomic E-state index is 6.77. The van der Waals surface area contributed by atoms with Crippen LogP contribution in [0.4, 0.5) is 0 Å². The average molecular weight is 749 g/mol. The van der Waals surface area contributed by atoms with Crippen LogP contribution in [0.3, 0.4) is 0 Å². The molecule has 0 amide bonds. The van der Waals surface area contributed by atoms with Gasteiger partial charge in [0.15, 0.2) is 5.84 Å². The number of hydrogen-bond donors (Lipinski definition) is 1. The van der Waals surface area contributed by atoms with Crippen molar-refractivity contribution in [1.82, 2.24) is 9.88 Å². The van der Waals surface area contributed by atoms with Crippen molar-refractivity contribution in [2.45, 2.75) is 6.17 Å². The summed E-state index contributed by atoms with van der Waals surface area (Å²) in [5, 5.41) is 10.7. The lowest BCUT2D eigenvalue weighted by atomic mass is 9.93. The molecule has 1 aliphatic rings. The summed E-state index contributed by atoms with van der Waals surface area (Å²) in [4.78, 5) is 10.3. The zero-order valence-corrected chi connectivity index (χ0v) is 31.4. The van der Waals surface area contributed by atoms with Crippen LogP contribution in [0.1, 0.15) is 22.9 Å². The molecule has 0 fully saturated rings. The predicted molar refractivity (Wildman–Crippen MR) is 238 cm³/mol. The first kappa shape index (κ1) is 32.0. The first-order valence-corrected chi connectivity index (χ1v) is 20.0. The SMILES string of the molecule is c1ccc(C2=NC(c3ccccc3)NC(c3cccc4oc5cc(-c6ccc(-n7c8ccccc8c8sc9ccccc9c87)cc6)c6ccccc6c5c34)=N2)cc1. The molecule has 0 aliphatic carbocycles. The number of aromatic nitrogens is 1. The third-order valence-corrected chi connectivity index (χ3v) is 12.5. The van der Waals surface area contributed by atoms with Crippen LogP contribution in [0.2, 0.25) is 0 Å². The van der Waals surface area contributed by atoms with Gasteiger partial charge < -0.3 is 14.3 Å². The first-order valence-electron chi connectivity index (χ1n) is 19.2. The molecular weight excluding hydrogens is 717 g/mol. The normalized spacial score (nSPS) is 14.5. The van der Waals surface area contributed by atoms with Gasteiger partial charge in [0.1, 0.15) is 23.2 Å². The number of amidine groups is 2. The minimum atomic E-state index is -0.298. The second kappa shape index (κ2) is 12.6. The van der Waals surface area contributed by atoms with Crippen LogP contribution in [0.25, 0.3) is 80.7 Å². The molecular formula is C51H32N4OS. The number of furan rings is 1. The van der Waals surface area contributed by atoms with Crippen molar-refractivity contribution >= 4 is 86.9 Å². The molecule has 4 heterocycles. The zero-order chi connectivity index (χ0) is 37.5. The standard InChI is InChI=1S/C51H32N4OS/c1-3-14-32(15-4-1)49-52-50(33-16-5-2-6-17-33)54-51(53-49)39-22-13-24-42-46(39)45-36-19-8-7-18-35(36)40(30-43(45)56-42)31-26-28-34(29-27-31)55-41-23-11-9-20-37(41)48-47(55)38-21-10-12-25-44(38)57-48/h1-30,49H,(H,52,53,54).